The van der Waals surface area contributed by atoms with Crippen LogP contribution in [0.4, 0.5) is 0 Å². The van der Waals surface area contributed by atoms with Crippen molar-refractivity contribution in [2.24, 2.45) is 0 Å². The van der Waals surface area contributed by atoms with E-state index in [1.54, 1.807) is 20.2 Å². The highest BCUT2D eigenvalue weighted by Crippen LogP contribution is 2.31. The number of fused-ring (bicyclic) bond motifs is 1. The Kier molecular flexibility index (Phi) is 3.29. The first-order valence-electron chi connectivity index (χ1n) is 6.94. The zero-order valence-corrected chi connectivity index (χ0v) is 12.1. The molecule has 1 fully saturated rings. The number of methoxy groups -OCH3 is 1. The highest BCUT2D eigenvalue weighted by atomic mass is 16.5. The summed E-state index contributed by atoms with van der Waals surface area (Å²) in [4.78, 5) is 16.5. The van der Waals surface area contributed by atoms with Crippen LogP contribution in [0.1, 0.15) is 30.1 Å². The first-order chi connectivity index (χ1) is 9.97. The van der Waals surface area contributed by atoms with Crippen molar-refractivity contribution in [2.45, 2.75) is 31.4 Å². The number of amides is 1. The van der Waals surface area contributed by atoms with Crippen LogP contribution in [0.3, 0.4) is 0 Å². The fourth-order valence-electron chi connectivity index (χ4n) is 2.73. The van der Waals surface area contributed by atoms with Gasteiger partial charge in [-0.15, -0.1) is 0 Å². The van der Waals surface area contributed by atoms with E-state index in [0.29, 0.717) is 18.4 Å². The number of hydrogen-bond acceptors (Lipinski definition) is 4. The van der Waals surface area contributed by atoms with Gasteiger partial charge in [-0.25, -0.2) is 0 Å². The first kappa shape index (κ1) is 13.8. The van der Waals surface area contributed by atoms with E-state index in [1.165, 1.54) is 0 Å². The minimum absolute atomic E-state index is 0.0408. The molecule has 2 aromatic rings. The molecule has 3 rings (SSSR count). The Morgan fingerprint density at radius 2 is 2.19 bits per heavy atom. The lowest BCUT2D eigenvalue weighted by atomic mass is 9.77. The molecule has 5 heteroatoms. The summed E-state index contributed by atoms with van der Waals surface area (Å²) >= 11 is 0. The number of rotatable bonds is 3. The molecule has 1 saturated carbocycles. The monoisotopic (exact) mass is 286 g/mol. The molecule has 110 valence electrons. The summed E-state index contributed by atoms with van der Waals surface area (Å²) in [5.74, 6) is 0.588. The molecule has 0 spiro atoms. The van der Waals surface area contributed by atoms with Crippen molar-refractivity contribution in [3.63, 3.8) is 0 Å². The highest BCUT2D eigenvalue weighted by Gasteiger charge is 2.39. The Morgan fingerprint density at radius 1 is 1.43 bits per heavy atom. The largest absolute Gasteiger partial charge is 0.497 e. The molecule has 1 aromatic heterocycles. The van der Waals surface area contributed by atoms with Gasteiger partial charge in [0, 0.05) is 23.7 Å². The van der Waals surface area contributed by atoms with Gasteiger partial charge in [-0.1, -0.05) is 0 Å². The number of carbonyl (C=O) groups is 1. The van der Waals surface area contributed by atoms with Crippen molar-refractivity contribution in [1.29, 1.82) is 0 Å². The molecular weight excluding hydrogens is 268 g/mol. The summed E-state index contributed by atoms with van der Waals surface area (Å²) in [5, 5.41) is 13.5. The maximum atomic E-state index is 12.2. The number of nitrogens with one attached hydrogen (secondary N) is 1. The maximum Gasteiger partial charge on any atom is 0.253 e. The fraction of sp³-hybridized carbons (Fsp3) is 0.375. The zero-order chi connectivity index (χ0) is 15.0. The van der Waals surface area contributed by atoms with E-state index in [-0.39, 0.29) is 11.9 Å². The van der Waals surface area contributed by atoms with Crippen LogP contribution in [0.25, 0.3) is 10.9 Å². The van der Waals surface area contributed by atoms with Crippen LogP contribution < -0.4 is 10.1 Å². The van der Waals surface area contributed by atoms with Crippen molar-refractivity contribution < 1.29 is 14.6 Å². The Bertz CT molecular complexity index is 689. The number of nitrogens with zero attached hydrogens (tertiary/aromatic N) is 1. The van der Waals surface area contributed by atoms with Crippen LogP contribution in [-0.4, -0.2) is 34.8 Å². The van der Waals surface area contributed by atoms with Gasteiger partial charge in [0.1, 0.15) is 5.75 Å². The Morgan fingerprint density at radius 3 is 2.86 bits per heavy atom. The van der Waals surface area contributed by atoms with E-state index in [1.807, 2.05) is 24.3 Å². The quantitative estimate of drug-likeness (QED) is 0.904. The molecule has 1 aliphatic rings. The number of pyridine rings is 1. The van der Waals surface area contributed by atoms with Gasteiger partial charge in [0.15, 0.2) is 0 Å². The SMILES string of the molecule is COc1ccc2cc(C(=O)N[C@H]3C[C@@](C)(O)C3)cnc2c1. The number of hydrogen-bond donors (Lipinski definition) is 2. The molecule has 2 N–H and O–H groups in total. The Hall–Kier alpha value is -2.14. The van der Waals surface area contributed by atoms with Crippen LogP contribution >= 0.6 is 0 Å². The zero-order valence-electron chi connectivity index (χ0n) is 12.1. The molecule has 1 aliphatic carbocycles. The summed E-state index contributed by atoms with van der Waals surface area (Å²) in [6, 6.07) is 7.41. The third-order valence-electron chi connectivity index (χ3n) is 3.86. The van der Waals surface area contributed by atoms with Crippen molar-refractivity contribution in [1.82, 2.24) is 10.3 Å². The van der Waals surface area contributed by atoms with Crippen LogP contribution in [0.5, 0.6) is 5.75 Å². The van der Waals surface area contributed by atoms with E-state index in [2.05, 4.69) is 10.3 Å². The highest BCUT2D eigenvalue weighted by molar-refractivity contribution is 5.97. The van der Waals surface area contributed by atoms with Crippen molar-refractivity contribution >= 4 is 16.8 Å². The molecule has 21 heavy (non-hydrogen) atoms. The average molecular weight is 286 g/mol. The van der Waals surface area contributed by atoms with Crippen LogP contribution in [0.15, 0.2) is 30.5 Å². The fourth-order valence-corrected chi connectivity index (χ4v) is 2.73. The second-order valence-electron chi connectivity index (χ2n) is 5.86. The molecular formula is C16H18N2O3. The van der Waals surface area contributed by atoms with Gasteiger partial charge < -0.3 is 15.2 Å². The number of ether oxygens (including phenoxy) is 1. The topological polar surface area (TPSA) is 71.5 Å². The molecule has 1 aromatic carbocycles. The number of benzene rings is 1. The van der Waals surface area contributed by atoms with Crippen LogP contribution in [0.2, 0.25) is 0 Å². The standard InChI is InChI=1S/C16H18N2O3/c1-16(20)7-12(8-16)18-15(19)11-5-10-3-4-13(21-2)6-14(10)17-9-11/h3-6,9,12,20H,7-8H2,1-2H3,(H,18,19)/t12-,16+. The molecule has 5 nitrogen and oxygen atoms in total. The van der Waals surface area contributed by atoms with Gasteiger partial charge in [-0.05, 0) is 38.0 Å². The average Bonchev–Trinajstić information content (AvgIpc) is 2.44. The number of aromatic nitrogens is 1. The van der Waals surface area contributed by atoms with Crippen molar-refractivity contribution in [3.8, 4) is 5.75 Å². The van der Waals surface area contributed by atoms with Gasteiger partial charge in [0.2, 0.25) is 0 Å². The summed E-state index contributed by atoms with van der Waals surface area (Å²) < 4.78 is 5.15. The summed E-state index contributed by atoms with van der Waals surface area (Å²) in [5.41, 5.74) is 0.674. The first-order valence-corrected chi connectivity index (χ1v) is 6.94. The minimum atomic E-state index is -0.643. The van der Waals surface area contributed by atoms with Crippen molar-refractivity contribution in [3.05, 3.63) is 36.0 Å². The predicted molar refractivity (Wildman–Crippen MR) is 79.4 cm³/mol. The molecule has 0 radical (unpaired) electrons. The smallest absolute Gasteiger partial charge is 0.253 e. The van der Waals surface area contributed by atoms with E-state index < -0.39 is 5.60 Å². The Balaban J connectivity index is 1.76. The summed E-state index contributed by atoms with van der Waals surface area (Å²) in [6.07, 6.45) is 2.75. The van der Waals surface area contributed by atoms with Gasteiger partial charge in [-0.2, -0.15) is 0 Å². The molecule has 1 amide bonds. The molecule has 1 heterocycles. The predicted octanol–water partition coefficient (Wildman–Crippen LogP) is 1.89. The summed E-state index contributed by atoms with van der Waals surface area (Å²) in [7, 11) is 1.61. The lowest BCUT2D eigenvalue weighted by Crippen LogP contribution is -2.53. The summed E-state index contributed by atoms with van der Waals surface area (Å²) in [6.45, 7) is 1.78. The van der Waals surface area contributed by atoms with E-state index in [0.717, 1.165) is 16.7 Å². The lowest BCUT2D eigenvalue weighted by Gasteiger charge is -2.41. The Labute approximate surface area is 123 Å². The lowest BCUT2D eigenvalue weighted by molar-refractivity contribution is -0.0366. The van der Waals surface area contributed by atoms with E-state index >= 15 is 0 Å². The van der Waals surface area contributed by atoms with Crippen LogP contribution in [0, 0.1) is 0 Å². The minimum Gasteiger partial charge on any atom is -0.497 e. The van der Waals surface area contributed by atoms with Gasteiger partial charge >= 0.3 is 0 Å². The van der Waals surface area contributed by atoms with Gasteiger partial charge in [0.25, 0.3) is 5.91 Å². The molecule has 0 bridgehead atoms. The molecule has 0 saturated heterocycles. The van der Waals surface area contributed by atoms with Crippen molar-refractivity contribution in [2.75, 3.05) is 7.11 Å². The third-order valence-corrected chi connectivity index (χ3v) is 3.86. The number of aliphatic hydroxyl groups is 1. The van der Waals surface area contributed by atoms with Crippen LogP contribution in [-0.2, 0) is 0 Å². The van der Waals surface area contributed by atoms with Gasteiger partial charge in [0.05, 0.1) is 23.8 Å². The third kappa shape index (κ3) is 2.83. The van der Waals surface area contributed by atoms with E-state index in [9.17, 15) is 9.90 Å². The number of carbonyl (C=O) groups excluding carboxylic acids is 1. The molecule has 0 atom stereocenters. The maximum absolute atomic E-state index is 12.2. The van der Waals surface area contributed by atoms with Gasteiger partial charge in [-0.3, -0.25) is 9.78 Å². The molecule has 0 aliphatic heterocycles. The second-order valence-corrected chi connectivity index (χ2v) is 5.86. The molecule has 0 unspecified atom stereocenters. The second kappa shape index (κ2) is 5.00. The normalized spacial score (nSPS) is 24.4. The van der Waals surface area contributed by atoms with E-state index in [4.69, 9.17) is 4.74 Å².